The van der Waals surface area contributed by atoms with Gasteiger partial charge in [-0.15, -0.1) is 5.10 Å². The van der Waals surface area contributed by atoms with E-state index in [2.05, 4.69) is 41.5 Å². The van der Waals surface area contributed by atoms with Crippen molar-refractivity contribution in [3.8, 4) is 0 Å². The van der Waals surface area contributed by atoms with E-state index in [0.29, 0.717) is 23.1 Å². The van der Waals surface area contributed by atoms with Crippen molar-refractivity contribution in [2.45, 2.75) is 57.9 Å². The largest absolute Gasteiger partial charge is 0.366 e. The number of fused-ring (bicyclic) bond motifs is 1. The molecule has 1 amide bonds. The molecular weight excluding hydrogens is 350 g/mol. The molecule has 2 N–H and O–H groups in total. The van der Waals surface area contributed by atoms with Crippen molar-refractivity contribution in [2.24, 2.45) is 0 Å². The Hall–Kier alpha value is -2.89. The van der Waals surface area contributed by atoms with Crippen LogP contribution in [0.5, 0.6) is 0 Å². The summed E-state index contributed by atoms with van der Waals surface area (Å²) < 4.78 is 1.70. The Morgan fingerprint density at radius 2 is 1.75 bits per heavy atom. The number of rotatable bonds is 4. The lowest BCUT2D eigenvalue weighted by atomic mass is 9.87. The molecule has 6 heteroatoms. The minimum atomic E-state index is -0.173. The summed E-state index contributed by atoms with van der Waals surface area (Å²) in [4.78, 5) is 17.0. The van der Waals surface area contributed by atoms with Gasteiger partial charge in [0.2, 0.25) is 0 Å². The Balaban J connectivity index is 1.47. The summed E-state index contributed by atoms with van der Waals surface area (Å²) in [5.41, 5.74) is 2.58. The topological polar surface area (TPSA) is 71.3 Å². The SMILES string of the molecule is CC(C)(C)c1ccc(C(=O)Nc2cn3nc(NC4CCCC4)ccc3n2)cc1. The minimum Gasteiger partial charge on any atom is -0.366 e. The molecule has 0 atom stereocenters. The highest BCUT2D eigenvalue weighted by Crippen LogP contribution is 2.23. The number of imidazole rings is 1. The van der Waals surface area contributed by atoms with E-state index in [-0.39, 0.29) is 11.3 Å². The van der Waals surface area contributed by atoms with Crippen LogP contribution in [0.15, 0.2) is 42.6 Å². The zero-order valence-electron chi connectivity index (χ0n) is 16.7. The number of carbonyl (C=O) groups excluding carboxylic acids is 1. The number of nitrogens with one attached hydrogen (secondary N) is 2. The molecule has 3 aromatic rings. The normalized spacial score (nSPS) is 15.1. The molecule has 1 aliphatic rings. The molecule has 0 spiro atoms. The van der Waals surface area contributed by atoms with Crippen LogP contribution in [-0.2, 0) is 5.41 Å². The maximum absolute atomic E-state index is 12.6. The summed E-state index contributed by atoms with van der Waals surface area (Å²) in [5.74, 6) is 1.16. The fourth-order valence-electron chi connectivity index (χ4n) is 3.61. The highest BCUT2D eigenvalue weighted by Gasteiger charge is 2.16. The van der Waals surface area contributed by atoms with E-state index in [4.69, 9.17) is 0 Å². The highest BCUT2D eigenvalue weighted by molar-refractivity contribution is 6.03. The van der Waals surface area contributed by atoms with Crippen molar-refractivity contribution in [1.82, 2.24) is 14.6 Å². The van der Waals surface area contributed by atoms with Crippen molar-refractivity contribution >= 4 is 23.2 Å². The van der Waals surface area contributed by atoms with E-state index in [1.807, 2.05) is 36.4 Å². The first-order valence-corrected chi connectivity index (χ1v) is 9.93. The second-order valence-electron chi connectivity index (χ2n) is 8.55. The third-order valence-electron chi connectivity index (χ3n) is 5.28. The number of hydrogen-bond donors (Lipinski definition) is 2. The standard InChI is InChI=1S/C22H27N5O/c1-22(2,3)16-10-8-15(9-11-16)21(28)25-19-14-27-20(24-19)13-12-18(26-27)23-17-6-4-5-7-17/h8-14,17H,4-7H2,1-3H3,(H,23,26)(H,25,28). The van der Waals surface area contributed by atoms with Gasteiger partial charge in [-0.1, -0.05) is 45.7 Å². The summed E-state index contributed by atoms with van der Waals surface area (Å²) in [5, 5.41) is 10.9. The fourth-order valence-corrected chi connectivity index (χ4v) is 3.61. The second-order valence-corrected chi connectivity index (χ2v) is 8.55. The average molecular weight is 377 g/mol. The van der Waals surface area contributed by atoms with Gasteiger partial charge in [-0.25, -0.2) is 9.50 Å². The Bertz CT molecular complexity index is 978. The van der Waals surface area contributed by atoms with Crippen LogP contribution in [-0.4, -0.2) is 26.5 Å². The zero-order chi connectivity index (χ0) is 19.7. The Morgan fingerprint density at radius 3 is 2.43 bits per heavy atom. The van der Waals surface area contributed by atoms with E-state index in [9.17, 15) is 4.79 Å². The van der Waals surface area contributed by atoms with Crippen LogP contribution in [0.4, 0.5) is 11.6 Å². The minimum absolute atomic E-state index is 0.0620. The van der Waals surface area contributed by atoms with E-state index >= 15 is 0 Å². The maximum Gasteiger partial charge on any atom is 0.256 e. The van der Waals surface area contributed by atoms with Crippen LogP contribution >= 0.6 is 0 Å². The van der Waals surface area contributed by atoms with Gasteiger partial charge in [-0.3, -0.25) is 4.79 Å². The van der Waals surface area contributed by atoms with Gasteiger partial charge in [0.25, 0.3) is 5.91 Å². The zero-order valence-corrected chi connectivity index (χ0v) is 16.7. The lowest BCUT2D eigenvalue weighted by Gasteiger charge is -2.18. The predicted molar refractivity (Wildman–Crippen MR) is 112 cm³/mol. The first-order chi connectivity index (χ1) is 13.4. The molecule has 0 saturated heterocycles. The first-order valence-electron chi connectivity index (χ1n) is 9.93. The molecule has 0 unspecified atom stereocenters. The summed E-state index contributed by atoms with van der Waals surface area (Å²) in [7, 11) is 0. The molecule has 0 bridgehead atoms. The molecule has 0 aliphatic heterocycles. The lowest BCUT2D eigenvalue weighted by Crippen LogP contribution is -2.16. The van der Waals surface area contributed by atoms with E-state index < -0.39 is 0 Å². The molecule has 28 heavy (non-hydrogen) atoms. The number of benzene rings is 1. The van der Waals surface area contributed by atoms with Crippen LogP contribution in [0.1, 0.15) is 62.4 Å². The Labute approximate surface area is 165 Å². The quantitative estimate of drug-likeness (QED) is 0.695. The predicted octanol–water partition coefficient (Wildman–Crippen LogP) is 4.63. The van der Waals surface area contributed by atoms with Gasteiger partial charge in [0.15, 0.2) is 11.5 Å². The molecule has 2 aromatic heterocycles. The van der Waals surface area contributed by atoms with Gasteiger partial charge < -0.3 is 10.6 Å². The Kier molecular flexibility index (Phi) is 4.79. The van der Waals surface area contributed by atoms with Gasteiger partial charge >= 0.3 is 0 Å². The van der Waals surface area contributed by atoms with Gasteiger partial charge in [0.05, 0.1) is 6.20 Å². The van der Waals surface area contributed by atoms with E-state index in [0.717, 1.165) is 5.82 Å². The number of aromatic nitrogens is 3. The average Bonchev–Trinajstić information content (AvgIpc) is 3.30. The van der Waals surface area contributed by atoms with Gasteiger partial charge in [-0.05, 0) is 48.1 Å². The summed E-state index contributed by atoms with van der Waals surface area (Å²) in [6.45, 7) is 6.46. The van der Waals surface area contributed by atoms with E-state index in [1.54, 1.807) is 10.7 Å². The molecule has 1 aromatic carbocycles. The molecule has 1 saturated carbocycles. The summed E-state index contributed by atoms with van der Waals surface area (Å²) in [6.07, 6.45) is 6.68. The molecule has 4 rings (SSSR count). The third kappa shape index (κ3) is 4.01. The Morgan fingerprint density at radius 1 is 1.04 bits per heavy atom. The highest BCUT2D eigenvalue weighted by atomic mass is 16.1. The number of carbonyl (C=O) groups is 1. The van der Waals surface area contributed by atoms with E-state index in [1.165, 1.54) is 31.2 Å². The maximum atomic E-state index is 12.6. The second kappa shape index (κ2) is 7.26. The fraction of sp³-hybridized carbons (Fsp3) is 0.409. The van der Waals surface area contributed by atoms with Crippen molar-refractivity contribution in [3.63, 3.8) is 0 Å². The van der Waals surface area contributed by atoms with Crippen molar-refractivity contribution in [1.29, 1.82) is 0 Å². The summed E-state index contributed by atoms with van der Waals surface area (Å²) in [6, 6.07) is 12.1. The van der Waals surface area contributed by atoms with Gasteiger partial charge in [0, 0.05) is 11.6 Å². The molecular formula is C22H27N5O. The molecule has 0 radical (unpaired) electrons. The van der Waals surface area contributed by atoms with Crippen molar-refractivity contribution in [3.05, 3.63) is 53.7 Å². The van der Waals surface area contributed by atoms with Crippen LogP contribution < -0.4 is 10.6 Å². The first kappa shape index (κ1) is 18.5. The number of nitrogens with zero attached hydrogens (tertiary/aromatic N) is 3. The molecule has 1 aliphatic carbocycles. The van der Waals surface area contributed by atoms with Crippen molar-refractivity contribution in [2.75, 3.05) is 10.6 Å². The van der Waals surface area contributed by atoms with Crippen LogP contribution in [0.2, 0.25) is 0 Å². The number of anilines is 2. The van der Waals surface area contributed by atoms with Crippen molar-refractivity contribution < 1.29 is 4.79 Å². The third-order valence-corrected chi connectivity index (χ3v) is 5.28. The van der Waals surface area contributed by atoms with Crippen LogP contribution in [0.25, 0.3) is 5.65 Å². The summed E-state index contributed by atoms with van der Waals surface area (Å²) >= 11 is 0. The molecule has 1 fully saturated rings. The lowest BCUT2D eigenvalue weighted by molar-refractivity contribution is 0.102. The van der Waals surface area contributed by atoms with Crippen LogP contribution in [0, 0.1) is 0 Å². The monoisotopic (exact) mass is 377 g/mol. The number of amides is 1. The number of hydrogen-bond acceptors (Lipinski definition) is 4. The van der Waals surface area contributed by atoms with Gasteiger partial charge in [-0.2, -0.15) is 0 Å². The van der Waals surface area contributed by atoms with Gasteiger partial charge in [0.1, 0.15) is 5.82 Å². The smallest absolute Gasteiger partial charge is 0.256 e. The molecule has 146 valence electrons. The molecule has 2 heterocycles. The van der Waals surface area contributed by atoms with Crippen LogP contribution in [0.3, 0.4) is 0 Å². The molecule has 6 nitrogen and oxygen atoms in total.